The van der Waals surface area contributed by atoms with Crippen LogP contribution in [0.4, 0.5) is 0 Å². The van der Waals surface area contributed by atoms with Crippen LogP contribution in [-0.2, 0) is 0 Å². The Bertz CT molecular complexity index is 106. The van der Waals surface area contributed by atoms with Crippen molar-refractivity contribution in [3.63, 3.8) is 0 Å². The van der Waals surface area contributed by atoms with Crippen molar-refractivity contribution in [2.24, 2.45) is 0 Å². The molecule has 1 rings (SSSR count). The van der Waals surface area contributed by atoms with Crippen LogP contribution in [0.2, 0.25) is 0 Å². The summed E-state index contributed by atoms with van der Waals surface area (Å²) in [7, 11) is 0. The molecular formula is C7H15N2O-. The molecule has 0 aromatic carbocycles. The lowest BCUT2D eigenvalue weighted by Gasteiger charge is -2.47. The van der Waals surface area contributed by atoms with E-state index in [9.17, 15) is 5.21 Å². The molecule has 0 radical (unpaired) electrons. The number of hydrogen-bond donors (Lipinski definition) is 1. The molecule has 0 spiro atoms. The van der Waals surface area contributed by atoms with Gasteiger partial charge in [-0.05, 0) is 26.3 Å². The molecule has 1 saturated heterocycles. The zero-order valence-corrected chi connectivity index (χ0v) is 6.79. The number of nitrogens with one attached hydrogen (secondary N) is 1. The van der Waals surface area contributed by atoms with Crippen LogP contribution in [0.15, 0.2) is 0 Å². The lowest BCUT2D eigenvalue weighted by Crippen LogP contribution is -2.54. The second-order valence-corrected chi connectivity index (χ2v) is 3.19. The molecular weight excluding hydrogens is 128 g/mol. The van der Waals surface area contributed by atoms with Gasteiger partial charge in [0.15, 0.2) is 0 Å². The van der Waals surface area contributed by atoms with E-state index in [0.717, 1.165) is 11.5 Å². The van der Waals surface area contributed by atoms with E-state index in [1.165, 1.54) is 0 Å². The molecule has 60 valence electrons. The van der Waals surface area contributed by atoms with Crippen LogP contribution < -0.4 is 5.32 Å². The fourth-order valence-corrected chi connectivity index (χ4v) is 1.55. The lowest BCUT2D eigenvalue weighted by molar-refractivity contribution is 0.121. The van der Waals surface area contributed by atoms with Crippen molar-refractivity contribution in [1.29, 1.82) is 0 Å². The van der Waals surface area contributed by atoms with Crippen LogP contribution in [-0.4, -0.2) is 23.3 Å². The third kappa shape index (κ3) is 1.48. The van der Waals surface area contributed by atoms with Gasteiger partial charge >= 0.3 is 0 Å². The minimum absolute atomic E-state index is 0.0150. The van der Waals surface area contributed by atoms with E-state index in [-0.39, 0.29) is 12.2 Å². The molecule has 1 aliphatic rings. The van der Waals surface area contributed by atoms with E-state index >= 15 is 0 Å². The van der Waals surface area contributed by atoms with Crippen molar-refractivity contribution >= 4 is 0 Å². The maximum Gasteiger partial charge on any atom is 0.0457 e. The summed E-state index contributed by atoms with van der Waals surface area (Å²) in [6.07, 6.45) is 0.937. The number of hydroxylamine groups is 2. The predicted octanol–water partition coefficient (Wildman–Crippen LogP) is 0.902. The highest BCUT2D eigenvalue weighted by Gasteiger charge is 2.20. The maximum atomic E-state index is 11.1. The minimum atomic E-state index is -0.0150. The summed E-state index contributed by atoms with van der Waals surface area (Å²) >= 11 is 0. The first-order valence-electron chi connectivity index (χ1n) is 3.82. The Kier molecular flexibility index (Phi) is 2.28. The van der Waals surface area contributed by atoms with Crippen molar-refractivity contribution in [1.82, 2.24) is 10.4 Å². The van der Waals surface area contributed by atoms with Gasteiger partial charge in [0.2, 0.25) is 0 Å². The summed E-state index contributed by atoms with van der Waals surface area (Å²) in [6, 6.07) is 0.654. The predicted molar refractivity (Wildman–Crippen MR) is 41.3 cm³/mol. The lowest BCUT2D eigenvalue weighted by atomic mass is 10.1. The highest BCUT2D eigenvalue weighted by Crippen LogP contribution is 2.14. The molecule has 0 aromatic rings. The zero-order valence-electron chi connectivity index (χ0n) is 6.79. The Labute approximate surface area is 62.0 Å². The third-order valence-corrected chi connectivity index (χ3v) is 2.04. The van der Waals surface area contributed by atoms with E-state index in [1.54, 1.807) is 0 Å². The van der Waals surface area contributed by atoms with Crippen molar-refractivity contribution in [3.05, 3.63) is 5.21 Å². The van der Waals surface area contributed by atoms with Crippen molar-refractivity contribution < 1.29 is 0 Å². The van der Waals surface area contributed by atoms with Gasteiger partial charge in [-0.3, -0.25) is 0 Å². The first-order chi connectivity index (χ1) is 4.61. The molecule has 0 bridgehead atoms. The van der Waals surface area contributed by atoms with E-state index in [0.29, 0.717) is 6.04 Å². The van der Waals surface area contributed by atoms with E-state index in [4.69, 9.17) is 0 Å². The molecule has 1 N–H and O–H groups in total. The Morgan fingerprint density at radius 1 is 1.40 bits per heavy atom. The Hall–Kier alpha value is -0.120. The smallest absolute Gasteiger partial charge is 0.0457 e. The monoisotopic (exact) mass is 143 g/mol. The molecule has 3 unspecified atom stereocenters. The largest absolute Gasteiger partial charge is 0.784 e. The molecule has 3 atom stereocenters. The molecule has 0 amide bonds. The Morgan fingerprint density at radius 2 is 2.00 bits per heavy atom. The van der Waals surface area contributed by atoms with Crippen molar-refractivity contribution in [2.45, 2.75) is 45.4 Å². The van der Waals surface area contributed by atoms with Crippen LogP contribution >= 0.6 is 0 Å². The molecule has 3 nitrogen and oxygen atoms in total. The van der Waals surface area contributed by atoms with Crippen molar-refractivity contribution in [2.75, 3.05) is 0 Å². The van der Waals surface area contributed by atoms with E-state index < -0.39 is 0 Å². The Balaban J connectivity index is 2.49. The first-order valence-corrected chi connectivity index (χ1v) is 3.82. The van der Waals surface area contributed by atoms with Crippen LogP contribution in [0, 0.1) is 5.21 Å². The van der Waals surface area contributed by atoms with Gasteiger partial charge in [-0.1, -0.05) is 6.92 Å². The van der Waals surface area contributed by atoms with Crippen LogP contribution in [0.5, 0.6) is 0 Å². The van der Waals surface area contributed by atoms with Gasteiger partial charge in [-0.15, -0.1) is 0 Å². The summed E-state index contributed by atoms with van der Waals surface area (Å²) in [6.45, 7) is 5.99. The van der Waals surface area contributed by atoms with E-state index in [1.807, 2.05) is 13.8 Å². The van der Waals surface area contributed by atoms with Gasteiger partial charge in [-0.2, -0.15) is 0 Å². The minimum Gasteiger partial charge on any atom is -0.784 e. The molecule has 10 heavy (non-hydrogen) atoms. The summed E-state index contributed by atoms with van der Waals surface area (Å²) in [5, 5.41) is 15.4. The second-order valence-electron chi connectivity index (χ2n) is 3.19. The fourth-order valence-electron chi connectivity index (χ4n) is 1.55. The SMILES string of the molecule is CC1CC(C)N([O-])C(C)N1. The second kappa shape index (κ2) is 2.86. The van der Waals surface area contributed by atoms with Crippen LogP contribution in [0.3, 0.4) is 0 Å². The normalized spacial score (nSPS) is 43.8. The molecule has 3 heteroatoms. The Morgan fingerprint density at radius 3 is 2.50 bits per heavy atom. The molecule has 1 fully saturated rings. The fraction of sp³-hybridized carbons (Fsp3) is 1.00. The van der Waals surface area contributed by atoms with Crippen LogP contribution in [0.25, 0.3) is 0 Å². The summed E-state index contributed by atoms with van der Waals surface area (Å²) in [5.41, 5.74) is 0. The van der Waals surface area contributed by atoms with Crippen molar-refractivity contribution in [3.8, 4) is 0 Å². The van der Waals surface area contributed by atoms with Gasteiger partial charge in [0.1, 0.15) is 0 Å². The first kappa shape index (κ1) is 7.98. The average molecular weight is 143 g/mol. The maximum absolute atomic E-state index is 11.1. The van der Waals surface area contributed by atoms with Crippen LogP contribution in [0.1, 0.15) is 27.2 Å². The van der Waals surface area contributed by atoms with Gasteiger partial charge < -0.3 is 15.6 Å². The van der Waals surface area contributed by atoms with Gasteiger partial charge in [0.05, 0.1) is 0 Å². The molecule has 1 heterocycles. The number of rotatable bonds is 0. The third-order valence-electron chi connectivity index (χ3n) is 2.04. The highest BCUT2D eigenvalue weighted by molar-refractivity contribution is 4.83. The van der Waals surface area contributed by atoms with Gasteiger partial charge in [-0.25, -0.2) is 0 Å². The van der Waals surface area contributed by atoms with Gasteiger partial charge in [0, 0.05) is 12.2 Å². The molecule has 0 aromatic heterocycles. The molecule has 1 aliphatic heterocycles. The summed E-state index contributed by atoms with van der Waals surface area (Å²) in [5.74, 6) is 0. The summed E-state index contributed by atoms with van der Waals surface area (Å²) in [4.78, 5) is 0. The topological polar surface area (TPSA) is 38.3 Å². The van der Waals surface area contributed by atoms with E-state index in [2.05, 4.69) is 12.2 Å². The number of nitrogens with zero attached hydrogens (tertiary/aromatic N) is 1. The zero-order chi connectivity index (χ0) is 7.72. The average Bonchev–Trinajstić information content (AvgIpc) is 1.82. The number of hydrogen-bond acceptors (Lipinski definition) is 3. The highest BCUT2D eigenvalue weighted by atomic mass is 16.5. The summed E-state index contributed by atoms with van der Waals surface area (Å²) < 4.78 is 0. The molecule has 0 aliphatic carbocycles. The quantitative estimate of drug-likeness (QED) is 0.547. The molecule has 0 saturated carbocycles. The standard InChI is InChI=1S/C7H15N2O/c1-5-4-6(2)9(10)7(3)8-5/h5-8H,4H2,1-3H3/q-1. The van der Waals surface area contributed by atoms with Gasteiger partial charge in [0.25, 0.3) is 0 Å².